The summed E-state index contributed by atoms with van der Waals surface area (Å²) in [5.41, 5.74) is 1.42. The van der Waals surface area contributed by atoms with Crippen LogP contribution in [0.5, 0.6) is 0 Å². The fourth-order valence-corrected chi connectivity index (χ4v) is 5.87. The monoisotopic (exact) mass is 481 g/mol. The van der Waals surface area contributed by atoms with Crippen LogP contribution in [0.15, 0.2) is 65.6 Å². The molecule has 0 aromatic heterocycles. The summed E-state index contributed by atoms with van der Waals surface area (Å²) in [5.74, 6) is -0.133. The molecule has 0 bridgehead atoms. The summed E-state index contributed by atoms with van der Waals surface area (Å²) in [4.78, 5) is 29.0. The topological polar surface area (TPSA) is 78.0 Å². The highest BCUT2D eigenvalue weighted by molar-refractivity contribution is 7.89. The lowest BCUT2D eigenvalue weighted by atomic mass is 10.1. The number of carbonyl (C=O) groups is 2. The number of rotatable bonds is 5. The van der Waals surface area contributed by atoms with E-state index in [0.717, 1.165) is 31.2 Å². The zero-order valence-corrected chi connectivity index (χ0v) is 20.1. The first kappa shape index (κ1) is 24.2. The number of hydrogen-bond acceptors (Lipinski definition) is 4. The lowest BCUT2D eigenvalue weighted by Gasteiger charge is -2.34. The van der Waals surface area contributed by atoms with E-state index >= 15 is 0 Å². The predicted molar refractivity (Wildman–Crippen MR) is 132 cm³/mol. The van der Waals surface area contributed by atoms with Gasteiger partial charge in [-0.1, -0.05) is 43.2 Å². The second kappa shape index (κ2) is 11.0. The summed E-state index contributed by atoms with van der Waals surface area (Å²) in [6, 6.07) is 15.8. The van der Waals surface area contributed by atoms with Gasteiger partial charge in [0.05, 0.1) is 4.90 Å². The Bertz CT molecular complexity index is 1110. The number of carbonyl (C=O) groups excluding carboxylic acids is 2. The molecule has 34 heavy (non-hydrogen) atoms. The zero-order valence-electron chi connectivity index (χ0n) is 19.3. The Hall–Kier alpha value is -2.97. The quantitative estimate of drug-likeness (QED) is 0.615. The largest absolute Gasteiger partial charge is 0.336 e. The second-order valence-corrected chi connectivity index (χ2v) is 10.6. The van der Waals surface area contributed by atoms with Crippen molar-refractivity contribution in [1.82, 2.24) is 14.1 Å². The molecule has 0 spiro atoms. The van der Waals surface area contributed by atoms with Crippen LogP contribution in [0.25, 0.3) is 6.08 Å². The minimum Gasteiger partial charge on any atom is -0.336 e. The van der Waals surface area contributed by atoms with Crippen LogP contribution in [-0.2, 0) is 14.8 Å². The van der Waals surface area contributed by atoms with Crippen LogP contribution in [0.1, 0.15) is 41.6 Å². The molecule has 0 aliphatic carbocycles. The Morgan fingerprint density at radius 2 is 1.29 bits per heavy atom. The number of hydrogen-bond donors (Lipinski definition) is 0. The summed E-state index contributed by atoms with van der Waals surface area (Å²) in [6.07, 6.45) is 7.15. The molecule has 0 radical (unpaired) electrons. The molecule has 0 N–H and O–H groups in total. The second-order valence-electron chi connectivity index (χ2n) is 8.70. The Labute approximate surface area is 201 Å². The number of amides is 2. The van der Waals surface area contributed by atoms with Gasteiger partial charge in [0.2, 0.25) is 15.9 Å². The molecule has 7 nitrogen and oxygen atoms in total. The van der Waals surface area contributed by atoms with Gasteiger partial charge in [-0.2, -0.15) is 4.31 Å². The standard InChI is InChI=1S/C26H31N3O4S/c30-25(27-18-20-28(21-19-27)26(31)23-8-4-3-5-9-23)15-12-22-10-13-24(14-11-22)34(32,33)29-16-6-1-2-7-17-29/h3-5,8-15H,1-2,6-7,16-21H2/b15-12+. The maximum atomic E-state index is 12.9. The van der Waals surface area contributed by atoms with Gasteiger partial charge in [0.25, 0.3) is 5.91 Å². The first-order valence-electron chi connectivity index (χ1n) is 11.9. The van der Waals surface area contributed by atoms with Gasteiger partial charge < -0.3 is 9.80 Å². The molecule has 180 valence electrons. The normalized spacial score (nSPS) is 18.1. The van der Waals surface area contributed by atoms with E-state index in [-0.39, 0.29) is 16.7 Å². The number of piperazine rings is 1. The Morgan fingerprint density at radius 3 is 1.91 bits per heavy atom. The van der Waals surface area contributed by atoms with Crippen LogP contribution in [0.4, 0.5) is 0 Å². The molecule has 8 heteroatoms. The highest BCUT2D eigenvalue weighted by Crippen LogP contribution is 2.21. The van der Waals surface area contributed by atoms with Gasteiger partial charge in [0.1, 0.15) is 0 Å². The molecular formula is C26H31N3O4S. The summed E-state index contributed by atoms with van der Waals surface area (Å²) in [5, 5.41) is 0. The van der Waals surface area contributed by atoms with Crippen LogP contribution in [0.2, 0.25) is 0 Å². The molecule has 0 atom stereocenters. The smallest absolute Gasteiger partial charge is 0.253 e. The van der Waals surface area contributed by atoms with Gasteiger partial charge in [0, 0.05) is 50.9 Å². The fraction of sp³-hybridized carbons (Fsp3) is 0.385. The van der Waals surface area contributed by atoms with Crippen molar-refractivity contribution in [2.75, 3.05) is 39.3 Å². The van der Waals surface area contributed by atoms with E-state index in [0.29, 0.717) is 44.8 Å². The van der Waals surface area contributed by atoms with E-state index in [4.69, 9.17) is 0 Å². The van der Waals surface area contributed by atoms with Crippen LogP contribution in [0, 0.1) is 0 Å². The molecule has 2 aliphatic heterocycles. The van der Waals surface area contributed by atoms with E-state index in [9.17, 15) is 18.0 Å². The molecule has 4 rings (SSSR count). The Balaban J connectivity index is 1.31. The van der Waals surface area contributed by atoms with E-state index < -0.39 is 10.0 Å². The summed E-state index contributed by atoms with van der Waals surface area (Å²) >= 11 is 0. The van der Waals surface area contributed by atoms with Gasteiger partial charge >= 0.3 is 0 Å². The minimum absolute atomic E-state index is 0.0153. The number of sulfonamides is 1. The van der Waals surface area contributed by atoms with Crippen molar-refractivity contribution in [1.29, 1.82) is 0 Å². The average molecular weight is 482 g/mol. The summed E-state index contributed by atoms with van der Waals surface area (Å²) in [7, 11) is -3.48. The third-order valence-electron chi connectivity index (χ3n) is 6.40. The number of nitrogens with zero attached hydrogens (tertiary/aromatic N) is 3. The molecular weight excluding hydrogens is 450 g/mol. The molecule has 2 aromatic rings. The van der Waals surface area contributed by atoms with Crippen LogP contribution in [0.3, 0.4) is 0 Å². The van der Waals surface area contributed by atoms with Gasteiger partial charge in [-0.15, -0.1) is 0 Å². The van der Waals surface area contributed by atoms with Gasteiger partial charge in [-0.3, -0.25) is 9.59 Å². The maximum absolute atomic E-state index is 12.9. The van der Waals surface area contributed by atoms with Crippen molar-refractivity contribution < 1.29 is 18.0 Å². The molecule has 2 aromatic carbocycles. The van der Waals surface area contributed by atoms with E-state index in [2.05, 4.69) is 0 Å². The molecule has 2 fully saturated rings. The van der Waals surface area contributed by atoms with E-state index in [1.54, 1.807) is 56.6 Å². The molecule has 2 saturated heterocycles. The molecule has 2 amide bonds. The highest BCUT2D eigenvalue weighted by atomic mass is 32.2. The van der Waals surface area contributed by atoms with Crippen LogP contribution < -0.4 is 0 Å². The lowest BCUT2D eigenvalue weighted by molar-refractivity contribution is -0.127. The highest BCUT2D eigenvalue weighted by Gasteiger charge is 2.25. The molecule has 0 saturated carbocycles. The molecule has 0 unspecified atom stereocenters. The van der Waals surface area contributed by atoms with Gasteiger partial charge in [-0.25, -0.2) is 8.42 Å². The third-order valence-corrected chi connectivity index (χ3v) is 8.31. The zero-order chi connectivity index (χ0) is 24.0. The Kier molecular flexibility index (Phi) is 7.80. The predicted octanol–water partition coefficient (Wildman–Crippen LogP) is 3.25. The maximum Gasteiger partial charge on any atom is 0.253 e. The van der Waals surface area contributed by atoms with Crippen molar-refractivity contribution >= 4 is 27.9 Å². The van der Waals surface area contributed by atoms with Crippen LogP contribution in [-0.4, -0.2) is 73.6 Å². The summed E-state index contributed by atoms with van der Waals surface area (Å²) in [6.45, 7) is 3.10. The van der Waals surface area contributed by atoms with E-state index in [1.807, 2.05) is 18.2 Å². The fourth-order valence-electron chi connectivity index (χ4n) is 4.35. The van der Waals surface area contributed by atoms with Crippen molar-refractivity contribution in [2.45, 2.75) is 30.6 Å². The summed E-state index contributed by atoms with van der Waals surface area (Å²) < 4.78 is 27.4. The molecule has 2 aliphatic rings. The van der Waals surface area contributed by atoms with Crippen LogP contribution >= 0.6 is 0 Å². The van der Waals surface area contributed by atoms with Crippen molar-refractivity contribution in [3.05, 3.63) is 71.8 Å². The van der Waals surface area contributed by atoms with Crippen molar-refractivity contribution in [3.8, 4) is 0 Å². The van der Waals surface area contributed by atoms with Crippen molar-refractivity contribution in [2.24, 2.45) is 0 Å². The van der Waals surface area contributed by atoms with Gasteiger partial charge in [0.15, 0.2) is 0 Å². The third kappa shape index (κ3) is 5.74. The van der Waals surface area contributed by atoms with Crippen molar-refractivity contribution in [3.63, 3.8) is 0 Å². The average Bonchev–Trinajstić information content (AvgIpc) is 3.18. The SMILES string of the molecule is O=C(/C=C/c1ccc(S(=O)(=O)N2CCCCCC2)cc1)N1CCN(C(=O)c2ccccc2)CC1. The first-order valence-corrected chi connectivity index (χ1v) is 13.3. The lowest BCUT2D eigenvalue weighted by Crippen LogP contribution is -2.50. The number of benzene rings is 2. The van der Waals surface area contributed by atoms with Gasteiger partial charge in [-0.05, 0) is 48.7 Å². The first-order chi connectivity index (χ1) is 16.4. The van der Waals surface area contributed by atoms with E-state index in [1.165, 1.54) is 6.08 Å². The minimum atomic E-state index is -3.48. The Morgan fingerprint density at radius 1 is 0.706 bits per heavy atom. The molecule has 2 heterocycles.